The number of aromatic nitrogens is 2. The van der Waals surface area contributed by atoms with Crippen molar-refractivity contribution < 1.29 is 27.4 Å². The molecule has 0 bridgehead atoms. The van der Waals surface area contributed by atoms with Gasteiger partial charge in [0.25, 0.3) is 0 Å². The van der Waals surface area contributed by atoms with Gasteiger partial charge in [-0.25, -0.2) is 14.4 Å². The number of halogens is 4. The molecule has 0 aliphatic heterocycles. The minimum Gasteiger partial charge on any atom is -0.493 e. The Kier molecular flexibility index (Phi) is 8.80. The van der Waals surface area contributed by atoms with Crippen LogP contribution in [0.1, 0.15) is 37.2 Å². The number of rotatable bonds is 11. The highest BCUT2D eigenvalue weighted by Crippen LogP contribution is 2.38. The fourth-order valence-electron chi connectivity index (χ4n) is 3.42. The third-order valence-electron chi connectivity index (χ3n) is 5.12. The fraction of sp³-hybridized carbons (Fsp3) is 0.417. The summed E-state index contributed by atoms with van der Waals surface area (Å²) in [6.07, 6.45) is 0.564. The molecule has 3 aromatic rings. The summed E-state index contributed by atoms with van der Waals surface area (Å²) in [6, 6.07) is 7.46. The molecule has 6 nitrogen and oxygen atoms in total. The zero-order valence-corrected chi connectivity index (χ0v) is 21.6. The summed E-state index contributed by atoms with van der Waals surface area (Å²) in [7, 11) is 1.55. The average Bonchev–Trinajstić information content (AvgIpc) is 2.77. The zero-order chi connectivity index (χ0) is 24.9. The third kappa shape index (κ3) is 6.41. The zero-order valence-electron chi connectivity index (χ0n) is 19.4. The van der Waals surface area contributed by atoms with Gasteiger partial charge >= 0.3 is 3.93 Å². The highest BCUT2D eigenvalue weighted by atomic mass is 127. The van der Waals surface area contributed by atoms with Gasteiger partial charge in [0, 0.05) is 59.2 Å². The molecular formula is C24H27F3IN3O3. The van der Waals surface area contributed by atoms with Crippen LogP contribution in [0.25, 0.3) is 10.9 Å². The molecule has 0 spiro atoms. The van der Waals surface area contributed by atoms with E-state index < -0.39 is 15.3 Å². The first-order valence-corrected chi connectivity index (χ1v) is 11.9. The SMILES string of the molecule is CCOCCC(C)Oc1cc2c(NCc3cccc(C(F)(F)I)c3F)nc(C)nc2cc1OC. The van der Waals surface area contributed by atoms with Crippen molar-refractivity contribution in [2.45, 2.75) is 43.8 Å². The van der Waals surface area contributed by atoms with E-state index in [4.69, 9.17) is 14.2 Å². The second-order valence-electron chi connectivity index (χ2n) is 7.68. The Bertz CT molecular complexity index is 1140. The van der Waals surface area contributed by atoms with Gasteiger partial charge in [-0.3, -0.25) is 0 Å². The topological polar surface area (TPSA) is 65.5 Å². The largest absolute Gasteiger partial charge is 0.493 e. The molecule has 1 aromatic heterocycles. The first kappa shape index (κ1) is 26.3. The van der Waals surface area contributed by atoms with Gasteiger partial charge in [0.05, 0.1) is 30.9 Å². The van der Waals surface area contributed by atoms with Crippen molar-refractivity contribution in [3.63, 3.8) is 0 Å². The number of hydrogen-bond donors (Lipinski definition) is 1. The predicted molar refractivity (Wildman–Crippen MR) is 134 cm³/mol. The molecular weight excluding hydrogens is 562 g/mol. The molecule has 0 saturated heterocycles. The van der Waals surface area contributed by atoms with Crippen molar-refractivity contribution in [3.8, 4) is 11.5 Å². The second-order valence-corrected chi connectivity index (χ2v) is 9.04. The van der Waals surface area contributed by atoms with E-state index in [9.17, 15) is 13.2 Å². The van der Waals surface area contributed by atoms with Crippen LogP contribution in [0.2, 0.25) is 0 Å². The van der Waals surface area contributed by atoms with Gasteiger partial charge in [-0.2, -0.15) is 8.78 Å². The number of ether oxygens (including phenoxy) is 3. The molecule has 0 aliphatic carbocycles. The van der Waals surface area contributed by atoms with Crippen LogP contribution in [0, 0.1) is 12.7 Å². The number of methoxy groups -OCH3 is 1. The summed E-state index contributed by atoms with van der Waals surface area (Å²) >= 11 is 0.922. The van der Waals surface area contributed by atoms with E-state index in [0.717, 1.165) is 28.7 Å². The molecule has 0 amide bonds. The van der Waals surface area contributed by atoms with Gasteiger partial charge in [0.1, 0.15) is 17.5 Å². The van der Waals surface area contributed by atoms with E-state index in [2.05, 4.69) is 15.3 Å². The summed E-state index contributed by atoms with van der Waals surface area (Å²) in [5.74, 6) is 1.00. The normalized spacial score (nSPS) is 12.6. The Hall–Kier alpha value is -2.34. The molecule has 0 fully saturated rings. The maximum Gasteiger partial charge on any atom is 0.324 e. The number of nitrogens with one attached hydrogen (secondary N) is 1. The highest BCUT2D eigenvalue weighted by molar-refractivity contribution is 14.1. The Balaban J connectivity index is 1.92. The molecule has 10 heteroatoms. The number of aryl methyl sites for hydroxylation is 1. The third-order valence-corrected chi connectivity index (χ3v) is 5.71. The van der Waals surface area contributed by atoms with Crippen molar-refractivity contribution in [3.05, 3.63) is 53.1 Å². The van der Waals surface area contributed by atoms with Gasteiger partial charge < -0.3 is 19.5 Å². The lowest BCUT2D eigenvalue weighted by Gasteiger charge is -2.18. The van der Waals surface area contributed by atoms with Gasteiger partial charge in [0.2, 0.25) is 0 Å². The maximum atomic E-state index is 14.7. The predicted octanol–water partition coefficient (Wildman–Crippen LogP) is 6.38. The van der Waals surface area contributed by atoms with Crippen LogP contribution in [0.3, 0.4) is 0 Å². The van der Waals surface area contributed by atoms with Gasteiger partial charge in [-0.1, -0.05) is 12.1 Å². The molecule has 0 radical (unpaired) electrons. The van der Waals surface area contributed by atoms with Crippen LogP contribution in [0.5, 0.6) is 11.5 Å². The van der Waals surface area contributed by atoms with Gasteiger partial charge in [0.15, 0.2) is 11.5 Å². The molecule has 184 valence electrons. The summed E-state index contributed by atoms with van der Waals surface area (Å²) in [5.41, 5.74) is 0.0552. The minimum atomic E-state index is -3.31. The Morgan fingerprint density at radius 3 is 2.62 bits per heavy atom. The Morgan fingerprint density at radius 2 is 1.94 bits per heavy atom. The van der Waals surface area contributed by atoms with Crippen LogP contribution in [-0.4, -0.2) is 36.4 Å². The molecule has 1 N–H and O–H groups in total. The van der Waals surface area contributed by atoms with E-state index in [-0.39, 0.29) is 18.2 Å². The van der Waals surface area contributed by atoms with Crippen LogP contribution in [0.4, 0.5) is 19.0 Å². The lowest BCUT2D eigenvalue weighted by atomic mass is 10.1. The first-order valence-electron chi connectivity index (χ1n) is 10.8. The minimum absolute atomic E-state index is 0.0368. The molecule has 0 saturated carbocycles. The van der Waals surface area contributed by atoms with E-state index in [1.165, 1.54) is 12.1 Å². The van der Waals surface area contributed by atoms with Crippen LogP contribution < -0.4 is 14.8 Å². The van der Waals surface area contributed by atoms with Crippen molar-refractivity contribution in [1.82, 2.24) is 9.97 Å². The summed E-state index contributed by atoms with van der Waals surface area (Å²) in [4.78, 5) is 8.91. The van der Waals surface area contributed by atoms with E-state index in [1.807, 2.05) is 13.8 Å². The maximum absolute atomic E-state index is 14.7. The Morgan fingerprint density at radius 1 is 1.18 bits per heavy atom. The van der Waals surface area contributed by atoms with Crippen molar-refractivity contribution in [2.24, 2.45) is 0 Å². The lowest BCUT2D eigenvalue weighted by molar-refractivity contribution is 0.105. The standard InChI is InChI=1S/C24H27F3IN3O3/c1-5-33-10-9-14(2)34-21-11-17-19(12-20(21)32-4)30-15(3)31-23(17)29-13-16-7-6-8-18(22(16)25)24(26,27)28/h6-8,11-12,14H,5,9-10,13H2,1-4H3,(H,29,30,31). The summed E-state index contributed by atoms with van der Waals surface area (Å²) in [5, 5.41) is 3.70. The number of benzene rings is 2. The van der Waals surface area contributed by atoms with Gasteiger partial charge in [-0.05, 0) is 32.9 Å². The number of fused-ring (bicyclic) bond motifs is 1. The number of nitrogens with zero attached hydrogens (tertiary/aromatic N) is 2. The van der Waals surface area contributed by atoms with Gasteiger partial charge in [-0.15, -0.1) is 0 Å². The summed E-state index contributed by atoms with van der Waals surface area (Å²) in [6.45, 7) is 6.77. The molecule has 0 aliphatic rings. The molecule has 1 heterocycles. The van der Waals surface area contributed by atoms with Crippen molar-refractivity contribution in [2.75, 3.05) is 25.6 Å². The number of alkyl halides is 3. The molecule has 34 heavy (non-hydrogen) atoms. The van der Waals surface area contributed by atoms with Crippen molar-refractivity contribution >= 4 is 39.3 Å². The monoisotopic (exact) mass is 589 g/mol. The smallest absolute Gasteiger partial charge is 0.324 e. The van der Waals surface area contributed by atoms with Crippen LogP contribution in [0.15, 0.2) is 30.3 Å². The average molecular weight is 589 g/mol. The molecule has 1 unspecified atom stereocenters. The van der Waals surface area contributed by atoms with E-state index in [0.29, 0.717) is 53.7 Å². The van der Waals surface area contributed by atoms with Crippen molar-refractivity contribution in [1.29, 1.82) is 0 Å². The lowest BCUT2D eigenvalue weighted by Crippen LogP contribution is -2.15. The molecule has 2 aromatic carbocycles. The number of anilines is 1. The van der Waals surface area contributed by atoms with E-state index in [1.54, 1.807) is 26.2 Å². The first-order chi connectivity index (χ1) is 16.1. The Labute approximate surface area is 210 Å². The van der Waals surface area contributed by atoms with E-state index >= 15 is 0 Å². The summed E-state index contributed by atoms with van der Waals surface area (Å²) < 4.78 is 55.8. The fourth-order valence-corrected chi connectivity index (χ4v) is 3.84. The highest BCUT2D eigenvalue weighted by Gasteiger charge is 2.31. The van der Waals surface area contributed by atoms with Crippen LogP contribution in [-0.2, 0) is 15.2 Å². The second kappa shape index (κ2) is 11.4. The molecule has 3 rings (SSSR count). The number of hydrogen-bond acceptors (Lipinski definition) is 6. The quantitative estimate of drug-likeness (QED) is 0.159. The van der Waals surface area contributed by atoms with Crippen LogP contribution >= 0.6 is 22.6 Å². The molecule has 1 atom stereocenters.